The van der Waals surface area contributed by atoms with Crippen molar-refractivity contribution in [3.63, 3.8) is 0 Å². The van der Waals surface area contributed by atoms with Crippen molar-refractivity contribution in [1.29, 1.82) is 0 Å². The quantitative estimate of drug-likeness (QED) is 0.426. The van der Waals surface area contributed by atoms with E-state index in [0.29, 0.717) is 5.33 Å². The van der Waals surface area contributed by atoms with Gasteiger partial charge in [-0.2, -0.15) is 0 Å². The van der Waals surface area contributed by atoms with Gasteiger partial charge in [0, 0.05) is 0 Å². The van der Waals surface area contributed by atoms with Crippen LogP contribution in [0.3, 0.4) is 0 Å². The Balaban J connectivity index is 2.31. The maximum Gasteiger partial charge on any atom is 0.316 e. The molecule has 0 radical (unpaired) electrons. The third-order valence-corrected chi connectivity index (χ3v) is 2.58. The minimum absolute atomic E-state index is 0.134. The second-order valence-corrected chi connectivity index (χ2v) is 3.79. The van der Waals surface area contributed by atoms with Gasteiger partial charge in [-0.3, -0.25) is 4.79 Å². The zero-order chi connectivity index (χ0) is 9.52. The molecule has 1 unspecified atom stereocenters. The van der Waals surface area contributed by atoms with E-state index >= 15 is 0 Å². The third kappa shape index (κ3) is 4.46. The van der Waals surface area contributed by atoms with Gasteiger partial charge < -0.3 is 4.74 Å². The molecule has 1 aliphatic rings. The second kappa shape index (κ2) is 6.19. The van der Waals surface area contributed by atoms with Gasteiger partial charge >= 0.3 is 5.97 Å². The lowest BCUT2D eigenvalue weighted by Crippen LogP contribution is -2.19. The number of esters is 1. The van der Waals surface area contributed by atoms with Crippen LogP contribution in [0.1, 0.15) is 32.1 Å². The first-order chi connectivity index (χ1) is 6.33. The lowest BCUT2D eigenvalue weighted by molar-refractivity contribution is -0.146. The van der Waals surface area contributed by atoms with E-state index in [-0.39, 0.29) is 12.1 Å². The van der Waals surface area contributed by atoms with E-state index in [4.69, 9.17) is 4.74 Å². The Labute approximate surface area is 87.5 Å². The molecule has 0 fully saturated rings. The summed E-state index contributed by atoms with van der Waals surface area (Å²) in [6.45, 7) is 0. The summed E-state index contributed by atoms with van der Waals surface area (Å²) in [5, 5.41) is 0.305. The Hall–Kier alpha value is -0.310. The van der Waals surface area contributed by atoms with Crippen LogP contribution in [0.2, 0.25) is 0 Å². The number of rotatable bonds is 2. The van der Waals surface area contributed by atoms with Crippen LogP contribution < -0.4 is 0 Å². The summed E-state index contributed by atoms with van der Waals surface area (Å²) in [6.07, 6.45) is 9.75. The van der Waals surface area contributed by atoms with Crippen molar-refractivity contribution in [2.24, 2.45) is 0 Å². The van der Waals surface area contributed by atoms with Crippen LogP contribution in [0.4, 0.5) is 0 Å². The largest absolute Gasteiger partial charge is 0.462 e. The molecule has 1 rings (SSSR count). The van der Waals surface area contributed by atoms with E-state index in [9.17, 15) is 4.79 Å². The number of carbonyl (C=O) groups is 1. The Bertz CT molecular complexity index is 189. The Morgan fingerprint density at radius 1 is 1.38 bits per heavy atom. The van der Waals surface area contributed by atoms with E-state index in [1.807, 2.05) is 0 Å². The van der Waals surface area contributed by atoms with Gasteiger partial charge in [-0.25, -0.2) is 0 Å². The molecule has 0 aromatic carbocycles. The molecule has 0 saturated heterocycles. The van der Waals surface area contributed by atoms with Crippen molar-refractivity contribution >= 4 is 21.9 Å². The number of ether oxygens (including phenoxy) is 1. The van der Waals surface area contributed by atoms with Gasteiger partial charge in [0.15, 0.2) is 0 Å². The van der Waals surface area contributed by atoms with Crippen molar-refractivity contribution in [2.45, 2.75) is 38.2 Å². The van der Waals surface area contributed by atoms with Crippen LogP contribution in [-0.4, -0.2) is 17.4 Å². The molecule has 2 nitrogen and oxygen atoms in total. The maximum atomic E-state index is 11.0. The molecule has 0 aromatic heterocycles. The molecule has 0 bridgehead atoms. The number of hydrogen-bond donors (Lipinski definition) is 0. The van der Waals surface area contributed by atoms with E-state index in [2.05, 4.69) is 28.1 Å². The first-order valence-electron chi connectivity index (χ1n) is 4.73. The van der Waals surface area contributed by atoms with E-state index in [1.54, 1.807) is 0 Å². The maximum absolute atomic E-state index is 11.0. The SMILES string of the molecule is O=C(CBr)OC1CC/C=C/CCC1. The van der Waals surface area contributed by atoms with Gasteiger partial charge in [-0.15, -0.1) is 0 Å². The molecule has 0 saturated carbocycles. The number of hydrogen-bond acceptors (Lipinski definition) is 2. The fourth-order valence-electron chi connectivity index (χ4n) is 1.46. The molecular formula is C10H15BrO2. The zero-order valence-electron chi connectivity index (χ0n) is 7.67. The fraction of sp³-hybridized carbons (Fsp3) is 0.700. The van der Waals surface area contributed by atoms with E-state index in [1.165, 1.54) is 0 Å². The second-order valence-electron chi connectivity index (χ2n) is 3.23. The summed E-state index contributed by atoms with van der Waals surface area (Å²) >= 11 is 3.09. The summed E-state index contributed by atoms with van der Waals surface area (Å²) in [4.78, 5) is 11.0. The number of allylic oxidation sites excluding steroid dienone is 2. The number of halogens is 1. The Kier molecular flexibility index (Phi) is 5.13. The van der Waals surface area contributed by atoms with Crippen molar-refractivity contribution < 1.29 is 9.53 Å². The van der Waals surface area contributed by atoms with Crippen LogP contribution >= 0.6 is 15.9 Å². The molecule has 0 spiro atoms. The Morgan fingerprint density at radius 2 is 2.15 bits per heavy atom. The smallest absolute Gasteiger partial charge is 0.316 e. The highest BCUT2D eigenvalue weighted by Crippen LogP contribution is 2.15. The van der Waals surface area contributed by atoms with Crippen LogP contribution in [0.5, 0.6) is 0 Å². The van der Waals surface area contributed by atoms with Crippen molar-refractivity contribution in [1.82, 2.24) is 0 Å². The average molecular weight is 247 g/mol. The minimum atomic E-state index is -0.144. The molecule has 0 amide bonds. The zero-order valence-corrected chi connectivity index (χ0v) is 9.26. The monoisotopic (exact) mass is 246 g/mol. The number of carbonyl (C=O) groups excluding carboxylic acids is 1. The summed E-state index contributed by atoms with van der Waals surface area (Å²) in [5.74, 6) is -0.144. The predicted octanol–water partition coefficient (Wildman–Crippen LogP) is 2.81. The molecule has 0 aromatic rings. The van der Waals surface area contributed by atoms with Crippen LogP contribution in [0, 0.1) is 0 Å². The minimum Gasteiger partial charge on any atom is -0.462 e. The highest BCUT2D eigenvalue weighted by molar-refractivity contribution is 9.09. The van der Waals surface area contributed by atoms with Gasteiger partial charge in [0.25, 0.3) is 0 Å². The van der Waals surface area contributed by atoms with Gasteiger partial charge in [-0.1, -0.05) is 28.1 Å². The fourth-order valence-corrected chi connectivity index (χ4v) is 1.59. The van der Waals surface area contributed by atoms with Crippen LogP contribution in [-0.2, 0) is 9.53 Å². The molecule has 74 valence electrons. The molecule has 0 aliphatic heterocycles. The highest BCUT2D eigenvalue weighted by atomic mass is 79.9. The third-order valence-electron chi connectivity index (χ3n) is 2.13. The topological polar surface area (TPSA) is 26.3 Å². The molecule has 0 heterocycles. The lowest BCUT2D eigenvalue weighted by atomic mass is 10.0. The number of alkyl halides is 1. The first kappa shape index (κ1) is 10.8. The van der Waals surface area contributed by atoms with Crippen molar-refractivity contribution in [3.05, 3.63) is 12.2 Å². The summed E-state index contributed by atoms with van der Waals surface area (Å²) in [5.41, 5.74) is 0. The molecule has 1 atom stereocenters. The van der Waals surface area contributed by atoms with E-state index < -0.39 is 0 Å². The van der Waals surface area contributed by atoms with Crippen LogP contribution in [0.15, 0.2) is 12.2 Å². The molecule has 3 heteroatoms. The molecular weight excluding hydrogens is 232 g/mol. The van der Waals surface area contributed by atoms with Gasteiger partial charge in [0.1, 0.15) is 11.4 Å². The highest BCUT2D eigenvalue weighted by Gasteiger charge is 2.13. The van der Waals surface area contributed by atoms with Gasteiger partial charge in [-0.05, 0) is 32.1 Å². The molecule has 0 N–H and O–H groups in total. The predicted molar refractivity (Wildman–Crippen MR) is 55.9 cm³/mol. The molecule has 1 aliphatic carbocycles. The van der Waals surface area contributed by atoms with Crippen LogP contribution in [0.25, 0.3) is 0 Å². The first-order valence-corrected chi connectivity index (χ1v) is 5.85. The normalized spacial score (nSPS) is 25.8. The summed E-state index contributed by atoms with van der Waals surface area (Å²) in [6, 6.07) is 0. The summed E-state index contributed by atoms with van der Waals surface area (Å²) < 4.78 is 5.26. The van der Waals surface area contributed by atoms with Gasteiger partial charge in [0.2, 0.25) is 0 Å². The van der Waals surface area contributed by atoms with E-state index in [0.717, 1.165) is 32.1 Å². The summed E-state index contributed by atoms with van der Waals surface area (Å²) in [7, 11) is 0. The Morgan fingerprint density at radius 3 is 2.92 bits per heavy atom. The van der Waals surface area contributed by atoms with Gasteiger partial charge in [0.05, 0.1) is 0 Å². The molecule has 13 heavy (non-hydrogen) atoms. The standard InChI is InChI=1S/C10H15BrO2/c11-8-10(12)13-9-6-4-2-1-3-5-7-9/h1-2,9H,3-8H2/b2-1+. The lowest BCUT2D eigenvalue weighted by Gasteiger charge is -2.17. The van der Waals surface area contributed by atoms with Crippen molar-refractivity contribution in [3.8, 4) is 0 Å². The average Bonchev–Trinajstić information content (AvgIpc) is 2.09. The van der Waals surface area contributed by atoms with Crippen molar-refractivity contribution in [2.75, 3.05) is 5.33 Å².